The maximum Gasteiger partial charge on any atom is 0.123 e. The van der Waals surface area contributed by atoms with Gasteiger partial charge in [0.15, 0.2) is 0 Å². The van der Waals surface area contributed by atoms with Crippen LogP contribution in [0, 0.1) is 23.6 Å². The molecule has 1 aromatic carbocycles. The lowest BCUT2D eigenvalue weighted by Gasteiger charge is -2.37. The normalized spacial score (nSPS) is 33.6. The van der Waals surface area contributed by atoms with Gasteiger partial charge in [0.1, 0.15) is 12.1 Å². The fourth-order valence-corrected chi connectivity index (χ4v) is 4.41. The Morgan fingerprint density at radius 3 is 1.86 bits per heavy atom. The van der Waals surface area contributed by atoms with Crippen LogP contribution in [0.4, 0.5) is 4.39 Å². The monoisotopic (exact) mass is 288 g/mol. The second-order valence-electron chi connectivity index (χ2n) is 6.97. The highest BCUT2D eigenvalue weighted by molar-refractivity contribution is 5.53. The Kier molecular flexibility index (Phi) is 4.72. The third kappa shape index (κ3) is 3.53. The van der Waals surface area contributed by atoms with E-state index in [1.807, 2.05) is 12.1 Å². The van der Waals surface area contributed by atoms with E-state index < -0.39 is 0 Å². The number of rotatable bonds is 3. The molecule has 0 saturated heterocycles. The molecule has 0 spiro atoms. The molecule has 2 saturated carbocycles. The molecule has 0 unspecified atom stereocenters. The summed E-state index contributed by atoms with van der Waals surface area (Å²) in [7, 11) is 0. The predicted octanol–water partition coefficient (Wildman–Crippen LogP) is 5.10. The van der Waals surface area contributed by atoms with E-state index in [1.54, 1.807) is 12.1 Å². The maximum absolute atomic E-state index is 13.0. The van der Waals surface area contributed by atoms with Crippen molar-refractivity contribution in [3.63, 3.8) is 0 Å². The van der Waals surface area contributed by atoms with Crippen LogP contribution < -0.4 is 0 Å². The second-order valence-corrected chi connectivity index (χ2v) is 6.97. The van der Waals surface area contributed by atoms with Crippen molar-refractivity contribution in [1.29, 1.82) is 0 Å². The first kappa shape index (κ1) is 14.7. The summed E-state index contributed by atoms with van der Waals surface area (Å²) in [4.78, 5) is 10.8. The summed E-state index contributed by atoms with van der Waals surface area (Å²) in [5.41, 5.74) is 1.31. The molecule has 0 aromatic heterocycles. The minimum absolute atomic E-state index is 0.139. The minimum atomic E-state index is -0.139. The summed E-state index contributed by atoms with van der Waals surface area (Å²) in [6.07, 6.45) is 10.9. The molecule has 2 fully saturated rings. The van der Waals surface area contributed by atoms with Crippen molar-refractivity contribution >= 4 is 6.29 Å². The van der Waals surface area contributed by atoms with E-state index >= 15 is 0 Å². The summed E-state index contributed by atoms with van der Waals surface area (Å²) in [5.74, 6) is 2.51. The van der Waals surface area contributed by atoms with Gasteiger partial charge in [0, 0.05) is 5.92 Å². The zero-order chi connectivity index (χ0) is 14.7. The second kappa shape index (κ2) is 6.72. The van der Waals surface area contributed by atoms with Crippen LogP contribution in [-0.4, -0.2) is 6.29 Å². The molecule has 3 rings (SSSR count). The number of carbonyl (C=O) groups is 1. The number of hydrogen-bond acceptors (Lipinski definition) is 1. The van der Waals surface area contributed by atoms with Gasteiger partial charge in [-0.2, -0.15) is 0 Å². The molecule has 0 N–H and O–H groups in total. The summed E-state index contributed by atoms with van der Waals surface area (Å²) >= 11 is 0. The summed E-state index contributed by atoms with van der Waals surface area (Å²) in [5, 5.41) is 0. The Morgan fingerprint density at radius 1 is 0.810 bits per heavy atom. The molecule has 0 heterocycles. The Labute approximate surface area is 126 Å². The quantitative estimate of drug-likeness (QED) is 0.707. The molecule has 1 nitrogen and oxygen atoms in total. The smallest absolute Gasteiger partial charge is 0.123 e. The number of aldehydes is 1. The summed E-state index contributed by atoms with van der Waals surface area (Å²) < 4.78 is 13.0. The fourth-order valence-electron chi connectivity index (χ4n) is 4.41. The molecule has 2 heteroatoms. The molecule has 1 aromatic rings. The Morgan fingerprint density at radius 2 is 1.33 bits per heavy atom. The van der Waals surface area contributed by atoms with Crippen molar-refractivity contribution in [1.82, 2.24) is 0 Å². The molecule has 21 heavy (non-hydrogen) atoms. The molecular formula is C19H25FO. The van der Waals surface area contributed by atoms with E-state index in [-0.39, 0.29) is 5.82 Å². The number of benzene rings is 1. The van der Waals surface area contributed by atoms with Crippen LogP contribution >= 0.6 is 0 Å². The van der Waals surface area contributed by atoms with Crippen LogP contribution in [0.15, 0.2) is 24.3 Å². The van der Waals surface area contributed by atoms with Gasteiger partial charge in [0.25, 0.3) is 0 Å². The van der Waals surface area contributed by atoms with Crippen molar-refractivity contribution in [2.45, 2.75) is 57.3 Å². The Balaban J connectivity index is 1.51. The highest BCUT2D eigenvalue weighted by Crippen LogP contribution is 2.43. The lowest BCUT2D eigenvalue weighted by atomic mass is 9.68. The van der Waals surface area contributed by atoms with E-state index in [4.69, 9.17) is 0 Å². The van der Waals surface area contributed by atoms with Gasteiger partial charge >= 0.3 is 0 Å². The van der Waals surface area contributed by atoms with Crippen LogP contribution in [-0.2, 0) is 4.79 Å². The van der Waals surface area contributed by atoms with Gasteiger partial charge in [-0.3, -0.25) is 0 Å². The molecule has 0 aliphatic heterocycles. The van der Waals surface area contributed by atoms with E-state index in [0.29, 0.717) is 11.8 Å². The van der Waals surface area contributed by atoms with Gasteiger partial charge in [-0.05, 0) is 86.8 Å². The lowest BCUT2D eigenvalue weighted by Crippen LogP contribution is -2.25. The number of carbonyl (C=O) groups excluding carboxylic acids is 1. The molecule has 0 atom stereocenters. The van der Waals surface area contributed by atoms with Crippen molar-refractivity contribution in [3.05, 3.63) is 35.6 Å². The number of halogens is 1. The van der Waals surface area contributed by atoms with E-state index in [9.17, 15) is 9.18 Å². The van der Waals surface area contributed by atoms with Gasteiger partial charge in [-0.1, -0.05) is 12.1 Å². The van der Waals surface area contributed by atoms with Crippen molar-refractivity contribution in [2.75, 3.05) is 0 Å². The average Bonchev–Trinajstić information content (AvgIpc) is 2.56. The first-order valence-electron chi connectivity index (χ1n) is 8.47. The zero-order valence-electron chi connectivity index (χ0n) is 12.6. The topological polar surface area (TPSA) is 17.1 Å². The predicted molar refractivity (Wildman–Crippen MR) is 82.6 cm³/mol. The summed E-state index contributed by atoms with van der Waals surface area (Å²) in [6, 6.07) is 7.08. The minimum Gasteiger partial charge on any atom is -0.303 e. The van der Waals surface area contributed by atoms with E-state index in [1.165, 1.54) is 44.1 Å². The fraction of sp³-hybridized carbons (Fsp3) is 0.632. The third-order valence-electron chi connectivity index (χ3n) is 5.79. The first-order chi connectivity index (χ1) is 10.3. The highest BCUT2D eigenvalue weighted by Gasteiger charge is 2.31. The van der Waals surface area contributed by atoms with Crippen LogP contribution in [0.2, 0.25) is 0 Å². The molecule has 0 radical (unpaired) electrons. The van der Waals surface area contributed by atoms with Crippen molar-refractivity contribution in [3.8, 4) is 0 Å². The SMILES string of the molecule is O=C[C@H]1CC[C@H](C2CCC(c3ccc(F)cc3)CC2)CC1. The first-order valence-corrected chi connectivity index (χ1v) is 8.47. The molecule has 114 valence electrons. The van der Waals surface area contributed by atoms with Crippen molar-refractivity contribution in [2.24, 2.45) is 17.8 Å². The van der Waals surface area contributed by atoms with Gasteiger partial charge in [0.2, 0.25) is 0 Å². The van der Waals surface area contributed by atoms with Gasteiger partial charge in [-0.25, -0.2) is 4.39 Å². The van der Waals surface area contributed by atoms with Crippen LogP contribution in [0.1, 0.15) is 62.8 Å². The largest absolute Gasteiger partial charge is 0.303 e. The molecule has 2 aliphatic rings. The zero-order valence-corrected chi connectivity index (χ0v) is 12.6. The maximum atomic E-state index is 13.0. The van der Waals surface area contributed by atoms with Crippen LogP contribution in [0.5, 0.6) is 0 Å². The molecule has 0 bridgehead atoms. The van der Waals surface area contributed by atoms with Gasteiger partial charge in [0.05, 0.1) is 0 Å². The summed E-state index contributed by atoms with van der Waals surface area (Å²) in [6.45, 7) is 0. The average molecular weight is 288 g/mol. The molecule has 2 aliphatic carbocycles. The highest BCUT2D eigenvalue weighted by atomic mass is 19.1. The van der Waals surface area contributed by atoms with Crippen LogP contribution in [0.3, 0.4) is 0 Å². The Hall–Kier alpha value is -1.18. The number of hydrogen-bond donors (Lipinski definition) is 0. The van der Waals surface area contributed by atoms with E-state index in [2.05, 4.69) is 0 Å². The molecule has 0 amide bonds. The van der Waals surface area contributed by atoms with Crippen molar-refractivity contribution < 1.29 is 9.18 Å². The van der Waals surface area contributed by atoms with E-state index in [0.717, 1.165) is 31.0 Å². The van der Waals surface area contributed by atoms with Crippen LogP contribution in [0.25, 0.3) is 0 Å². The standard InChI is InChI=1S/C19H25FO/c20-19-11-9-18(10-12-19)17-7-5-16(6-8-17)15-3-1-14(13-21)2-4-15/h9-17H,1-8H2/t14-,15-,16?,17?. The van der Waals surface area contributed by atoms with Gasteiger partial charge < -0.3 is 4.79 Å². The van der Waals surface area contributed by atoms with Gasteiger partial charge in [-0.15, -0.1) is 0 Å². The molecular weight excluding hydrogens is 263 g/mol. The Bertz CT molecular complexity index is 451. The lowest BCUT2D eigenvalue weighted by molar-refractivity contribution is -0.112. The third-order valence-corrected chi connectivity index (χ3v) is 5.79.